The van der Waals surface area contributed by atoms with Crippen LogP contribution in [0.4, 0.5) is 18.9 Å². The van der Waals surface area contributed by atoms with Crippen molar-refractivity contribution in [3.05, 3.63) is 40.1 Å². The number of hydrogen-bond acceptors (Lipinski definition) is 5. The summed E-state index contributed by atoms with van der Waals surface area (Å²) in [5.41, 5.74) is 5.52. The third kappa shape index (κ3) is 3.30. The Kier molecular flexibility index (Phi) is 4.75. The summed E-state index contributed by atoms with van der Waals surface area (Å²) < 4.78 is 47.0. The van der Waals surface area contributed by atoms with Crippen LogP contribution in [0.2, 0.25) is 0 Å². The lowest BCUT2D eigenvalue weighted by molar-refractivity contribution is -0.274. The van der Waals surface area contributed by atoms with Gasteiger partial charge in [0.2, 0.25) is 0 Å². The van der Waals surface area contributed by atoms with E-state index in [4.69, 9.17) is 11.0 Å². The average molecular weight is 404 g/mol. The molecular weight excluding hydrogens is 395 g/mol. The molecular formula is C14H9BrF3N3O3. The molecule has 2 N–H and O–H groups in total. The van der Waals surface area contributed by atoms with Gasteiger partial charge in [0.15, 0.2) is 5.69 Å². The van der Waals surface area contributed by atoms with Gasteiger partial charge in [0.25, 0.3) is 0 Å². The van der Waals surface area contributed by atoms with Crippen LogP contribution in [-0.4, -0.2) is 24.0 Å². The average Bonchev–Trinajstić information content (AvgIpc) is 2.84. The molecule has 0 unspecified atom stereocenters. The zero-order chi connectivity index (χ0) is 18.1. The molecule has 2 aromatic rings. The minimum Gasteiger partial charge on any atom is -0.464 e. The van der Waals surface area contributed by atoms with Crippen molar-refractivity contribution in [1.82, 2.24) is 4.57 Å². The predicted octanol–water partition coefficient (Wildman–Crippen LogP) is 3.38. The predicted molar refractivity (Wildman–Crippen MR) is 80.6 cm³/mol. The Morgan fingerprint density at radius 1 is 1.42 bits per heavy atom. The number of alkyl halides is 3. The molecule has 0 saturated heterocycles. The molecule has 0 radical (unpaired) electrons. The number of nitrogens with two attached hydrogens (primary N) is 1. The van der Waals surface area contributed by atoms with Crippen molar-refractivity contribution < 1.29 is 27.4 Å². The summed E-state index contributed by atoms with van der Waals surface area (Å²) in [6.07, 6.45) is -3.67. The molecule has 10 heteroatoms. The third-order valence-corrected chi connectivity index (χ3v) is 3.77. The van der Waals surface area contributed by atoms with Crippen LogP contribution in [0.1, 0.15) is 16.1 Å². The molecule has 6 nitrogen and oxygen atoms in total. The summed E-state index contributed by atoms with van der Waals surface area (Å²) in [7, 11) is 1.11. The smallest absolute Gasteiger partial charge is 0.464 e. The van der Waals surface area contributed by atoms with E-state index >= 15 is 0 Å². The van der Waals surface area contributed by atoms with E-state index in [1.807, 2.05) is 0 Å². The number of halogens is 4. The van der Waals surface area contributed by atoms with Gasteiger partial charge in [-0.25, -0.2) is 4.79 Å². The number of carbonyl (C=O) groups excluding carboxylic acids is 1. The highest BCUT2D eigenvalue weighted by molar-refractivity contribution is 9.10. The lowest BCUT2D eigenvalue weighted by Gasteiger charge is -2.15. The first-order valence-electron chi connectivity index (χ1n) is 6.23. The number of ether oxygens (including phenoxy) is 2. The molecule has 0 aliphatic heterocycles. The Morgan fingerprint density at radius 3 is 2.62 bits per heavy atom. The van der Waals surface area contributed by atoms with Crippen molar-refractivity contribution in [3.63, 3.8) is 0 Å². The van der Waals surface area contributed by atoms with E-state index in [0.29, 0.717) is 0 Å². The Bertz CT molecular complexity index is 840. The maximum absolute atomic E-state index is 12.5. The van der Waals surface area contributed by atoms with Crippen LogP contribution in [0.5, 0.6) is 5.75 Å². The number of methoxy groups -OCH3 is 1. The largest absolute Gasteiger partial charge is 0.573 e. The highest BCUT2D eigenvalue weighted by Crippen LogP contribution is 2.36. The van der Waals surface area contributed by atoms with Gasteiger partial charge in [0.1, 0.15) is 11.8 Å². The van der Waals surface area contributed by atoms with E-state index in [0.717, 1.165) is 17.7 Å². The summed E-state index contributed by atoms with van der Waals surface area (Å²) in [6.45, 7) is 0. The van der Waals surface area contributed by atoms with Crippen LogP contribution in [0.15, 0.2) is 28.9 Å². The third-order valence-electron chi connectivity index (χ3n) is 2.97. The number of aromatic nitrogens is 1. The van der Waals surface area contributed by atoms with Crippen molar-refractivity contribution >= 4 is 27.6 Å². The maximum Gasteiger partial charge on any atom is 0.573 e. The minimum atomic E-state index is -4.89. The molecule has 0 amide bonds. The van der Waals surface area contributed by atoms with E-state index in [1.54, 1.807) is 6.07 Å². The van der Waals surface area contributed by atoms with Gasteiger partial charge >= 0.3 is 12.3 Å². The number of nitrogen functional groups attached to an aromatic ring is 1. The first-order chi connectivity index (χ1) is 11.2. The number of rotatable bonds is 3. The van der Waals surface area contributed by atoms with Crippen molar-refractivity contribution in [1.29, 1.82) is 5.26 Å². The fraction of sp³-hybridized carbons (Fsp3) is 0.143. The molecule has 0 fully saturated rings. The Morgan fingerprint density at radius 2 is 2.08 bits per heavy atom. The van der Waals surface area contributed by atoms with Gasteiger partial charge in [-0.3, -0.25) is 0 Å². The second-order valence-electron chi connectivity index (χ2n) is 4.42. The van der Waals surface area contributed by atoms with Gasteiger partial charge in [-0.05, 0) is 28.1 Å². The maximum atomic E-state index is 12.5. The van der Waals surface area contributed by atoms with Gasteiger partial charge in [0, 0.05) is 6.20 Å². The van der Waals surface area contributed by atoms with E-state index in [1.165, 1.54) is 18.3 Å². The van der Waals surface area contributed by atoms with Crippen molar-refractivity contribution in [2.75, 3.05) is 12.8 Å². The van der Waals surface area contributed by atoms with Crippen LogP contribution in [0.25, 0.3) is 5.69 Å². The zero-order valence-corrected chi connectivity index (χ0v) is 13.6. The van der Waals surface area contributed by atoms with Crippen molar-refractivity contribution in [2.24, 2.45) is 0 Å². The second-order valence-corrected chi connectivity index (χ2v) is 5.21. The molecule has 0 bridgehead atoms. The summed E-state index contributed by atoms with van der Waals surface area (Å²) in [4.78, 5) is 11.9. The van der Waals surface area contributed by atoms with Gasteiger partial charge in [-0.2, -0.15) is 5.26 Å². The van der Waals surface area contributed by atoms with Crippen LogP contribution >= 0.6 is 15.9 Å². The fourth-order valence-electron chi connectivity index (χ4n) is 1.99. The standard InChI is InChI=1S/C14H9BrF3N3O3/c1-23-13(22)12-11(20)7(5-19)6-21(12)8-3-2-4-9(10(8)15)24-14(16,17)18/h2-4,6H,20H2,1H3. The molecule has 1 heterocycles. The number of benzene rings is 1. The molecule has 126 valence electrons. The highest BCUT2D eigenvalue weighted by Gasteiger charge is 2.33. The number of carbonyl (C=O) groups is 1. The van der Waals surface area contributed by atoms with Gasteiger partial charge < -0.3 is 19.8 Å². The van der Waals surface area contributed by atoms with Gasteiger partial charge in [-0.1, -0.05) is 6.07 Å². The molecule has 2 rings (SSSR count). The highest BCUT2D eigenvalue weighted by atomic mass is 79.9. The zero-order valence-electron chi connectivity index (χ0n) is 12.0. The molecule has 0 aliphatic rings. The first kappa shape index (κ1) is 17.7. The monoisotopic (exact) mass is 403 g/mol. The number of nitriles is 1. The Balaban J connectivity index is 2.67. The molecule has 0 saturated carbocycles. The molecule has 1 aromatic heterocycles. The Labute approximate surface area is 142 Å². The van der Waals surface area contributed by atoms with Gasteiger partial charge in [-0.15, -0.1) is 13.2 Å². The lowest BCUT2D eigenvalue weighted by atomic mass is 10.2. The number of anilines is 1. The van der Waals surface area contributed by atoms with Crippen LogP contribution in [0, 0.1) is 11.3 Å². The molecule has 24 heavy (non-hydrogen) atoms. The molecule has 0 atom stereocenters. The van der Waals surface area contributed by atoms with Crippen LogP contribution in [-0.2, 0) is 4.74 Å². The SMILES string of the molecule is COC(=O)c1c(N)c(C#N)cn1-c1cccc(OC(F)(F)F)c1Br. The van der Waals surface area contributed by atoms with Crippen molar-refractivity contribution in [3.8, 4) is 17.5 Å². The normalized spacial score (nSPS) is 11.0. The first-order valence-corrected chi connectivity index (χ1v) is 7.02. The van der Waals surface area contributed by atoms with Crippen molar-refractivity contribution in [2.45, 2.75) is 6.36 Å². The quantitative estimate of drug-likeness (QED) is 0.793. The molecule has 0 aliphatic carbocycles. The van der Waals surface area contributed by atoms with Crippen LogP contribution < -0.4 is 10.5 Å². The number of hydrogen-bond donors (Lipinski definition) is 1. The van der Waals surface area contributed by atoms with E-state index < -0.39 is 18.1 Å². The van der Waals surface area contributed by atoms with Gasteiger partial charge in [0.05, 0.1) is 28.5 Å². The second kappa shape index (κ2) is 6.45. The molecule has 1 aromatic carbocycles. The topological polar surface area (TPSA) is 90.3 Å². The van der Waals surface area contributed by atoms with Crippen LogP contribution in [0.3, 0.4) is 0 Å². The molecule has 0 spiro atoms. The summed E-state index contributed by atoms with van der Waals surface area (Å²) in [5.74, 6) is -1.36. The summed E-state index contributed by atoms with van der Waals surface area (Å²) in [5, 5.41) is 9.05. The van der Waals surface area contributed by atoms with E-state index in [-0.39, 0.29) is 27.1 Å². The lowest BCUT2D eigenvalue weighted by Crippen LogP contribution is -2.18. The summed E-state index contributed by atoms with van der Waals surface area (Å²) in [6, 6.07) is 5.60. The minimum absolute atomic E-state index is 0.0237. The Hall–Kier alpha value is -2.67. The number of esters is 1. The van der Waals surface area contributed by atoms with E-state index in [9.17, 15) is 18.0 Å². The summed E-state index contributed by atoms with van der Waals surface area (Å²) >= 11 is 3.01. The van der Waals surface area contributed by atoms with E-state index in [2.05, 4.69) is 25.4 Å². The fourth-order valence-corrected chi connectivity index (χ4v) is 2.53. The number of nitrogens with zero attached hydrogens (tertiary/aromatic N) is 2.